The highest BCUT2D eigenvalue weighted by molar-refractivity contribution is 7.99. The van der Waals surface area contributed by atoms with Crippen molar-refractivity contribution in [1.29, 1.82) is 0 Å². The van der Waals surface area contributed by atoms with Gasteiger partial charge in [0.05, 0.1) is 20.0 Å². The number of hydrogen-bond acceptors (Lipinski definition) is 5. The highest BCUT2D eigenvalue weighted by Crippen LogP contribution is 2.21. The molecule has 0 aliphatic heterocycles. The molecular formula is C30H36N2O4S. The fraction of sp³-hybridized carbons (Fsp3) is 0.333. The summed E-state index contributed by atoms with van der Waals surface area (Å²) in [6, 6.07) is 24.6. The van der Waals surface area contributed by atoms with Crippen LogP contribution in [0.1, 0.15) is 30.5 Å². The van der Waals surface area contributed by atoms with Crippen LogP contribution in [0.4, 0.5) is 0 Å². The first-order chi connectivity index (χ1) is 17.9. The van der Waals surface area contributed by atoms with Crippen LogP contribution in [0, 0.1) is 0 Å². The van der Waals surface area contributed by atoms with Crippen molar-refractivity contribution >= 4 is 23.6 Å². The van der Waals surface area contributed by atoms with E-state index in [4.69, 9.17) is 9.47 Å². The lowest BCUT2D eigenvalue weighted by Crippen LogP contribution is -2.52. The Kier molecular flexibility index (Phi) is 10.9. The van der Waals surface area contributed by atoms with Gasteiger partial charge in [-0.3, -0.25) is 9.59 Å². The molecule has 37 heavy (non-hydrogen) atoms. The molecule has 1 N–H and O–H groups in total. The summed E-state index contributed by atoms with van der Waals surface area (Å²) in [5.41, 5.74) is 3.01. The van der Waals surface area contributed by atoms with E-state index in [1.807, 2.05) is 92.7 Å². The summed E-state index contributed by atoms with van der Waals surface area (Å²) in [4.78, 5) is 28.8. The van der Waals surface area contributed by atoms with E-state index in [2.05, 4.69) is 5.32 Å². The molecule has 3 aromatic carbocycles. The Labute approximate surface area is 224 Å². The van der Waals surface area contributed by atoms with Crippen molar-refractivity contribution in [1.82, 2.24) is 10.2 Å². The van der Waals surface area contributed by atoms with Crippen molar-refractivity contribution in [3.05, 3.63) is 95.6 Å². The number of nitrogens with zero attached hydrogens (tertiary/aromatic N) is 1. The fourth-order valence-corrected chi connectivity index (χ4v) is 4.83. The molecule has 0 saturated carbocycles. The van der Waals surface area contributed by atoms with E-state index in [0.29, 0.717) is 24.5 Å². The number of carbonyl (C=O) groups is 2. The highest BCUT2D eigenvalue weighted by atomic mass is 32.2. The van der Waals surface area contributed by atoms with Crippen molar-refractivity contribution < 1.29 is 19.1 Å². The predicted molar refractivity (Wildman–Crippen MR) is 150 cm³/mol. The molecule has 6 nitrogen and oxygen atoms in total. The van der Waals surface area contributed by atoms with Gasteiger partial charge in [0.1, 0.15) is 17.5 Å². The molecule has 7 heteroatoms. The molecule has 0 bridgehead atoms. The van der Waals surface area contributed by atoms with Gasteiger partial charge in [-0.05, 0) is 54.8 Å². The third-order valence-corrected chi connectivity index (χ3v) is 6.83. The summed E-state index contributed by atoms with van der Waals surface area (Å²) in [6.07, 6.45) is 0.429. The lowest BCUT2D eigenvalue weighted by atomic mass is 10.0. The summed E-state index contributed by atoms with van der Waals surface area (Å²) in [7, 11) is 3.26. The first-order valence-electron chi connectivity index (χ1n) is 12.4. The molecule has 0 spiro atoms. The van der Waals surface area contributed by atoms with Gasteiger partial charge in [0, 0.05) is 24.8 Å². The normalized spacial score (nSPS) is 11.6. The van der Waals surface area contributed by atoms with E-state index in [9.17, 15) is 9.59 Å². The number of hydrogen-bond donors (Lipinski definition) is 1. The smallest absolute Gasteiger partial charge is 0.243 e. The van der Waals surface area contributed by atoms with Crippen LogP contribution in [0.5, 0.6) is 11.5 Å². The molecule has 0 aromatic heterocycles. The van der Waals surface area contributed by atoms with Gasteiger partial charge in [-0.25, -0.2) is 0 Å². The van der Waals surface area contributed by atoms with Crippen LogP contribution < -0.4 is 14.8 Å². The van der Waals surface area contributed by atoms with Crippen molar-refractivity contribution in [2.24, 2.45) is 0 Å². The van der Waals surface area contributed by atoms with Crippen molar-refractivity contribution in [2.75, 3.05) is 20.0 Å². The average molecular weight is 521 g/mol. The van der Waals surface area contributed by atoms with Gasteiger partial charge in [0.25, 0.3) is 0 Å². The Morgan fingerprint density at radius 1 is 0.838 bits per heavy atom. The standard InChI is InChI=1S/C30H36N2O4S/c1-22(2)31-30(34)28(18-23-9-6-5-7-10-23)32(19-25-11-8-12-27(17-25)36-4)29(33)21-37-20-24-13-15-26(35-3)16-14-24/h5-17,22,28H,18-21H2,1-4H3,(H,31,34)/t28-/m1/s1. The molecule has 0 aliphatic rings. The van der Waals surface area contributed by atoms with E-state index in [1.165, 1.54) is 11.8 Å². The second kappa shape index (κ2) is 14.3. The summed E-state index contributed by atoms with van der Waals surface area (Å²) < 4.78 is 10.6. The molecule has 0 saturated heterocycles. The number of ether oxygens (including phenoxy) is 2. The summed E-state index contributed by atoms with van der Waals surface area (Å²) >= 11 is 1.54. The quantitative estimate of drug-likeness (QED) is 0.340. The maximum atomic E-state index is 13.7. The first-order valence-corrected chi connectivity index (χ1v) is 13.5. The van der Waals surface area contributed by atoms with Gasteiger partial charge < -0.3 is 19.7 Å². The van der Waals surface area contributed by atoms with Crippen LogP contribution >= 0.6 is 11.8 Å². The summed E-state index contributed by atoms with van der Waals surface area (Å²) in [6.45, 7) is 4.16. The summed E-state index contributed by atoms with van der Waals surface area (Å²) in [5.74, 6) is 2.22. The largest absolute Gasteiger partial charge is 0.497 e. The SMILES string of the molecule is COc1ccc(CSCC(=O)N(Cc2cccc(OC)c2)[C@H](Cc2ccccc2)C(=O)NC(C)C)cc1. The Hall–Kier alpha value is -3.45. The average Bonchev–Trinajstić information content (AvgIpc) is 2.91. The Bertz CT molecular complexity index is 1140. The number of benzene rings is 3. The number of nitrogens with one attached hydrogen (secondary N) is 1. The van der Waals surface area contributed by atoms with Gasteiger partial charge in [0.15, 0.2) is 0 Å². The topological polar surface area (TPSA) is 67.9 Å². The molecular weight excluding hydrogens is 484 g/mol. The van der Waals surface area contributed by atoms with Crippen molar-refractivity contribution in [3.63, 3.8) is 0 Å². The molecule has 0 radical (unpaired) electrons. The minimum absolute atomic E-state index is 0.0380. The molecule has 0 heterocycles. The predicted octanol–water partition coefficient (Wildman–Crippen LogP) is 5.10. The number of amides is 2. The van der Waals surface area contributed by atoms with E-state index < -0.39 is 6.04 Å². The summed E-state index contributed by atoms with van der Waals surface area (Å²) in [5, 5.41) is 3.02. The number of methoxy groups -OCH3 is 2. The van der Waals surface area contributed by atoms with Crippen molar-refractivity contribution in [3.8, 4) is 11.5 Å². The van der Waals surface area contributed by atoms with Gasteiger partial charge in [-0.1, -0.05) is 54.6 Å². The first kappa shape index (κ1) is 28.1. The maximum Gasteiger partial charge on any atom is 0.243 e. The Morgan fingerprint density at radius 3 is 2.16 bits per heavy atom. The zero-order valence-electron chi connectivity index (χ0n) is 22.0. The van der Waals surface area contributed by atoms with Crippen LogP contribution in [-0.2, 0) is 28.3 Å². The zero-order valence-corrected chi connectivity index (χ0v) is 22.8. The highest BCUT2D eigenvalue weighted by Gasteiger charge is 2.30. The number of thioether (sulfide) groups is 1. The van der Waals surface area contributed by atoms with Crippen LogP contribution in [0.15, 0.2) is 78.9 Å². The Morgan fingerprint density at radius 2 is 1.51 bits per heavy atom. The van der Waals surface area contributed by atoms with Gasteiger partial charge in [-0.15, -0.1) is 11.8 Å². The molecule has 196 valence electrons. The van der Waals surface area contributed by atoms with Gasteiger partial charge in [-0.2, -0.15) is 0 Å². The molecule has 1 atom stereocenters. The van der Waals surface area contributed by atoms with E-state index >= 15 is 0 Å². The molecule has 2 amide bonds. The minimum Gasteiger partial charge on any atom is -0.497 e. The molecule has 3 rings (SSSR count). The number of rotatable bonds is 13. The monoisotopic (exact) mass is 520 g/mol. The maximum absolute atomic E-state index is 13.7. The third kappa shape index (κ3) is 8.86. The van der Waals surface area contributed by atoms with E-state index in [-0.39, 0.29) is 23.6 Å². The minimum atomic E-state index is -0.648. The lowest BCUT2D eigenvalue weighted by molar-refractivity contribution is -0.139. The van der Waals surface area contributed by atoms with Crippen LogP contribution in [0.2, 0.25) is 0 Å². The second-order valence-electron chi connectivity index (χ2n) is 9.08. The van der Waals surface area contributed by atoms with Crippen LogP contribution in [-0.4, -0.2) is 48.8 Å². The second-order valence-corrected chi connectivity index (χ2v) is 10.1. The lowest BCUT2D eigenvalue weighted by Gasteiger charge is -2.32. The van der Waals surface area contributed by atoms with E-state index in [1.54, 1.807) is 19.1 Å². The van der Waals surface area contributed by atoms with Gasteiger partial charge in [0.2, 0.25) is 11.8 Å². The molecule has 0 unspecified atom stereocenters. The fourth-order valence-electron chi connectivity index (χ4n) is 3.96. The molecule has 0 aliphatic carbocycles. The van der Waals surface area contributed by atoms with Crippen LogP contribution in [0.25, 0.3) is 0 Å². The van der Waals surface area contributed by atoms with Gasteiger partial charge >= 0.3 is 0 Å². The van der Waals surface area contributed by atoms with Crippen molar-refractivity contribution in [2.45, 2.75) is 44.6 Å². The molecule has 0 fully saturated rings. The van der Waals surface area contributed by atoms with Crippen LogP contribution in [0.3, 0.4) is 0 Å². The number of carbonyl (C=O) groups excluding carboxylic acids is 2. The Balaban J connectivity index is 1.84. The third-order valence-electron chi connectivity index (χ3n) is 5.84. The zero-order chi connectivity index (χ0) is 26.6. The van der Waals surface area contributed by atoms with E-state index in [0.717, 1.165) is 22.4 Å². The molecule has 3 aromatic rings.